The Labute approximate surface area is 158 Å². The maximum Gasteiger partial charge on any atom is 0.416 e. The number of alkyl halides is 3. The first-order valence-electron chi connectivity index (χ1n) is 8.19. The number of ketones is 1. The van der Waals surface area contributed by atoms with Gasteiger partial charge in [0, 0.05) is 19.0 Å². The molecule has 0 fully saturated rings. The van der Waals surface area contributed by atoms with E-state index in [1.54, 1.807) is 0 Å². The molecule has 2 aromatic carbocycles. The van der Waals surface area contributed by atoms with Gasteiger partial charge in [-0.15, -0.1) is 0 Å². The number of aromatic hydroxyl groups is 2. The van der Waals surface area contributed by atoms with Gasteiger partial charge in [0.1, 0.15) is 17.6 Å². The van der Waals surface area contributed by atoms with E-state index in [1.807, 2.05) is 0 Å². The molecule has 150 valence electrons. The summed E-state index contributed by atoms with van der Waals surface area (Å²) < 4.78 is 38.2. The molecule has 0 saturated carbocycles. The zero-order valence-electron chi connectivity index (χ0n) is 14.7. The first-order chi connectivity index (χ1) is 13.0. The number of aliphatic hydroxyl groups excluding tert-OH is 1. The van der Waals surface area contributed by atoms with Gasteiger partial charge in [-0.2, -0.15) is 13.2 Å². The molecule has 0 spiro atoms. The van der Waals surface area contributed by atoms with Crippen molar-refractivity contribution < 1.29 is 38.1 Å². The number of halogens is 3. The lowest BCUT2D eigenvalue weighted by Gasteiger charge is -2.14. The van der Waals surface area contributed by atoms with E-state index < -0.39 is 35.3 Å². The third-order valence-electron chi connectivity index (χ3n) is 4.02. The van der Waals surface area contributed by atoms with Crippen LogP contribution in [-0.2, 0) is 11.0 Å². The van der Waals surface area contributed by atoms with Gasteiger partial charge >= 0.3 is 6.18 Å². The monoisotopic (exact) mass is 397 g/mol. The van der Waals surface area contributed by atoms with Gasteiger partial charge in [0.15, 0.2) is 5.78 Å². The lowest BCUT2D eigenvalue weighted by molar-refractivity contribution is -0.138. The van der Waals surface area contributed by atoms with Crippen molar-refractivity contribution in [3.05, 3.63) is 58.7 Å². The lowest BCUT2D eigenvalue weighted by Crippen LogP contribution is -2.28. The van der Waals surface area contributed by atoms with Crippen LogP contribution < -0.4 is 5.32 Å². The Kier molecular flexibility index (Phi) is 6.30. The molecule has 2 aromatic rings. The van der Waals surface area contributed by atoms with Crippen LogP contribution in [0.25, 0.3) is 0 Å². The van der Waals surface area contributed by atoms with Crippen LogP contribution >= 0.6 is 0 Å². The van der Waals surface area contributed by atoms with E-state index >= 15 is 0 Å². The number of aliphatic hydroxyl groups is 1. The molecule has 0 saturated heterocycles. The van der Waals surface area contributed by atoms with Crippen molar-refractivity contribution in [1.82, 2.24) is 5.32 Å². The molecule has 1 amide bonds. The summed E-state index contributed by atoms with van der Waals surface area (Å²) in [7, 11) is 0. The van der Waals surface area contributed by atoms with Gasteiger partial charge in [0.25, 0.3) is 5.91 Å². The van der Waals surface area contributed by atoms with Crippen molar-refractivity contribution in [2.45, 2.75) is 25.6 Å². The molecule has 9 heteroatoms. The highest BCUT2D eigenvalue weighted by molar-refractivity contribution is 5.98. The van der Waals surface area contributed by atoms with Gasteiger partial charge in [0.2, 0.25) is 0 Å². The van der Waals surface area contributed by atoms with Crippen LogP contribution in [0.1, 0.15) is 39.6 Å². The number of Topliss-reactive ketones (excluding diaryl/α,β-unsaturated/α-hetero) is 1. The second kappa shape index (κ2) is 8.30. The SMILES string of the molecule is Cc1cc(O)cc(O)c1C(=O)NCCC(=O)C(O)c1cccc(C(F)(F)F)c1. The van der Waals surface area contributed by atoms with Gasteiger partial charge in [-0.3, -0.25) is 9.59 Å². The van der Waals surface area contributed by atoms with Crippen LogP contribution in [0.3, 0.4) is 0 Å². The summed E-state index contributed by atoms with van der Waals surface area (Å²) in [5, 5.41) is 31.5. The topological polar surface area (TPSA) is 107 Å². The third-order valence-corrected chi connectivity index (χ3v) is 4.02. The van der Waals surface area contributed by atoms with E-state index in [2.05, 4.69) is 5.32 Å². The number of hydrogen-bond acceptors (Lipinski definition) is 5. The minimum Gasteiger partial charge on any atom is -0.508 e. The number of rotatable bonds is 6. The highest BCUT2D eigenvalue weighted by Crippen LogP contribution is 2.31. The van der Waals surface area contributed by atoms with Crippen molar-refractivity contribution in [3.8, 4) is 11.5 Å². The lowest BCUT2D eigenvalue weighted by atomic mass is 10.0. The summed E-state index contributed by atoms with van der Waals surface area (Å²) >= 11 is 0. The Bertz CT molecular complexity index is 872. The van der Waals surface area contributed by atoms with E-state index in [1.165, 1.54) is 19.1 Å². The predicted molar refractivity (Wildman–Crippen MR) is 92.9 cm³/mol. The van der Waals surface area contributed by atoms with Gasteiger partial charge in [0.05, 0.1) is 11.1 Å². The van der Waals surface area contributed by atoms with Gasteiger partial charge < -0.3 is 20.6 Å². The molecule has 0 aromatic heterocycles. The van der Waals surface area contributed by atoms with Crippen molar-refractivity contribution in [1.29, 1.82) is 0 Å². The maximum atomic E-state index is 12.7. The second-order valence-corrected chi connectivity index (χ2v) is 6.15. The average molecular weight is 397 g/mol. The quantitative estimate of drug-likeness (QED) is 0.600. The zero-order chi connectivity index (χ0) is 21.1. The average Bonchev–Trinajstić information content (AvgIpc) is 2.59. The highest BCUT2D eigenvalue weighted by atomic mass is 19.4. The fourth-order valence-corrected chi connectivity index (χ4v) is 2.64. The standard InChI is InChI=1S/C19H18F3NO5/c1-10-7-13(24)9-15(26)16(10)18(28)23-6-5-14(25)17(27)11-3-2-4-12(8-11)19(20,21)22/h2-4,7-9,17,24,26-27H,5-6H2,1H3,(H,23,28). The minimum absolute atomic E-state index is 0.0799. The smallest absolute Gasteiger partial charge is 0.416 e. The van der Waals surface area contributed by atoms with Crippen LogP contribution in [-0.4, -0.2) is 33.6 Å². The van der Waals surface area contributed by atoms with Crippen molar-refractivity contribution in [2.24, 2.45) is 0 Å². The van der Waals surface area contributed by atoms with Crippen molar-refractivity contribution >= 4 is 11.7 Å². The first kappa shape index (κ1) is 21.2. The van der Waals surface area contributed by atoms with Crippen molar-refractivity contribution in [2.75, 3.05) is 6.54 Å². The Balaban J connectivity index is 1.98. The number of nitrogens with one attached hydrogen (secondary N) is 1. The number of carbonyl (C=O) groups excluding carboxylic acids is 2. The molecule has 0 heterocycles. The number of benzene rings is 2. The maximum absolute atomic E-state index is 12.7. The number of carbonyl (C=O) groups is 2. The van der Waals surface area contributed by atoms with Crippen LogP contribution in [0, 0.1) is 6.92 Å². The molecular weight excluding hydrogens is 379 g/mol. The molecule has 1 unspecified atom stereocenters. The number of aryl methyl sites for hydroxylation is 1. The van der Waals surface area contributed by atoms with E-state index in [4.69, 9.17) is 0 Å². The molecule has 1 atom stereocenters. The Hall–Kier alpha value is -3.07. The molecule has 0 aliphatic heterocycles. The largest absolute Gasteiger partial charge is 0.508 e. The molecule has 0 aliphatic carbocycles. The summed E-state index contributed by atoms with van der Waals surface area (Å²) in [6, 6.07) is 6.08. The van der Waals surface area contributed by atoms with Crippen LogP contribution in [0.15, 0.2) is 36.4 Å². The molecule has 6 nitrogen and oxygen atoms in total. The zero-order valence-corrected chi connectivity index (χ0v) is 14.7. The minimum atomic E-state index is -4.60. The summed E-state index contributed by atoms with van der Waals surface area (Å²) in [5.74, 6) is -2.13. The molecular formula is C19H18F3NO5. The van der Waals surface area contributed by atoms with Crippen LogP contribution in [0.2, 0.25) is 0 Å². The normalized spacial score (nSPS) is 12.5. The molecule has 0 radical (unpaired) electrons. The van der Waals surface area contributed by atoms with E-state index in [9.17, 15) is 38.1 Å². The molecule has 0 aliphatic rings. The summed E-state index contributed by atoms with van der Waals surface area (Å²) in [4.78, 5) is 24.2. The Morgan fingerprint density at radius 2 is 1.82 bits per heavy atom. The summed E-state index contributed by atoms with van der Waals surface area (Å²) in [6.07, 6.45) is -6.69. The Morgan fingerprint density at radius 1 is 1.14 bits per heavy atom. The summed E-state index contributed by atoms with van der Waals surface area (Å²) in [6.45, 7) is 1.30. The number of amides is 1. The van der Waals surface area contributed by atoms with Crippen LogP contribution in [0.5, 0.6) is 11.5 Å². The summed E-state index contributed by atoms with van der Waals surface area (Å²) in [5.41, 5.74) is -0.949. The first-order valence-corrected chi connectivity index (χ1v) is 8.19. The van der Waals surface area contributed by atoms with Gasteiger partial charge in [-0.05, 0) is 36.2 Å². The van der Waals surface area contributed by atoms with Crippen molar-refractivity contribution in [3.63, 3.8) is 0 Å². The number of phenols is 2. The van der Waals surface area contributed by atoms with Crippen LogP contribution in [0.4, 0.5) is 13.2 Å². The third kappa shape index (κ3) is 5.01. The second-order valence-electron chi connectivity index (χ2n) is 6.15. The highest BCUT2D eigenvalue weighted by Gasteiger charge is 2.31. The Morgan fingerprint density at radius 3 is 2.43 bits per heavy atom. The molecule has 0 bridgehead atoms. The molecule has 2 rings (SSSR count). The van der Waals surface area contributed by atoms with E-state index in [-0.39, 0.29) is 29.8 Å². The fourth-order valence-electron chi connectivity index (χ4n) is 2.64. The van der Waals surface area contributed by atoms with E-state index in [0.29, 0.717) is 11.6 Å². The van der Waals surface area contributed by atoms with E-state index in [0.717, 1.165) is 18.2 Å². The number of hydrogen-bond donors (Lipinski definition) is 4. The predicted octanol–water partition coefficient (Wildman–Crippen LogP) is 2.85. The molecule has 28 heavy (non-hydrogen) atoms. The fraction of sp³-hybridized carbons (Fsp3) is 0.263. The molecule has 4 N–H and O–H groups in total. The van der Waals surface area contributed by atoms with Gasteiger partial charge in [-0.1, -0.05) is 12.1 Å². The van der Waals surface area contributed by atoms with Gasteiger partial charge in [-0.25, -0.2) is 0 Å². The number of phenolic OH excluding ortho intramolecular Hbond substituents is 2.